The SMILES string of the molecule is Cc1ccccc1SCC(=O)Nc1nccs1. The van der Waals surface area contributed by atoms with Gasteiger partial charge in [-0.2, -0.15) is 0 Å². The van der Waals surface area contributed by atoms with Crippen LogP contribution in [-0.4, -0.2) is 16.6 Å². The summed E-state index contributed by atoms with van der Waals surface area (Å²) in [4.78, 5) is 16.8. The Bertz CT molecular complexity index is 497. The van der Waals surface area contributed by atoms with E-state index < -0.39 is 0 Å². The summed E-state index contributed by atoms with van der Waals surface area (Å²) in [6.07, 6.45) is 1.68. The molecular formula is C12H12N2OS2. The average molecular weight is 264 g/mol. The Morgan fingerprint density at radius 3 is 3.00 bits per heavy atom. The monoisotopic (exact) mass is 264 g/mol. The number of hydrogen-bond acceptors (Lipinski definition) is 4. The van der Waals surface area contributed by atoms with Crippen molar-refractivity contribution in [3.05, 3.63) is 41.4 Å². The second kappa shape index (κ2) is 5.84. The molecule has 0 atom stereocenters. The van der Waals surface area contributed by atoms with E-state index in [1.807, 2.05) is 36.6 Å². The van der Waals surface area contributed by atoms with Crippen LogP contribution in [0.4, 0.5) is 5.13 Å². The second-order valence-electron chi connectivity index (χ2n) is 3.44. The van der Waals surface area contributed by atoms with Crippen LogP contribution in [0.25, 0.3) is 0 Å². The molecule has 0 saturated carbocycles. The van der Waals surface area contributed by atoms with Gasteiger partial charge in [0.15, 0.2) is 5.13 Å². The molecule has 3 nitrogen and oxygen atoms in total. The van der Waals surface area contributed by atoms with Crippen LogP contribution in [0.5, 0.6) is 0 Å². The lowest BCUT2D eigenvalue weighted by Crippen LogP contribution is -2.13. The van der Waals surface area contributed by atoms with Crippen LogP contribution in [-0.2, 0) is 4.79 Å². The number of carbonyl (C=O) groups excluding carboxylic acids is 1. The maximum absolute atomic E-state index is 11.6. The normalized spacial score (nSPS) is 10.2. The molecule has 1 aromatic carbocycles. The van der Waals surface area contributed by atoms with E-state index in [4.69, 9.17) is 0 Å². The summed E-state index contributed by atoms with van der Waals surface area (Å²) in [5.74, 6) is 0.387. The smallest absolute Gasteiger partial charge is 0.236 e. The molecule has 0 spiro atoms. The van der Waals surface area contributed by atoms with E-state index in [0.29, 0.717) is 10.9 Å². The molecule has 0 unspecified atom stereocenters. The predicted octanol–water partition coefficient (Wildman–Crippen LogP) is 3.18. The number of amides is 1. The van der Waals surface area contributed by atoms with Crippen molar-refractivity contribution in [3.63, 3.8) is 0 Å². The van der Waals surface area contributed by atoms with Crippen molar-refractivity contribution in [3.8, 4) is 0 Å². The summed E-state index contributed by atoms with van der Waals surface area (Å²) in [6, 6.07) is 8.04. The van der Waals surface area contributed by atoms with E-state index in [1.54, 1.807) is 18.0 Å². The summed E-state index contributed by atoms with van der Waals surface area (Å²) < 4.78 is 0. The molecular weight excluding hydrogens is 252 g/mol. The van der Waals surface area contributed by atoms with Crippen LogP contribution >= 0.6 is 23.1 Å². The van der Waals surface area contributed by atoms with Crippen molar-refractivity contribution >= 4 is 34.1 Å². The third-order valence-corrected chi connectivity index (χ3v) is 4.00. The minimum atomic E-state index is -0.0202. The number of thioether (sulfide) groups is 1. The number of nitrogens with one attached hydrogen (secondary N) is 1. The summed E-state index contributed by atoms with van der Waals surface area (Å²) in [7, 11) is 0. The highest BCUT2D eigenvalue weighted by Crippen LogP contribution is 2.22. The fourth-order valence-corrected chi connectivity index (χ4v) is 2.68. The van der Waals surface area contributed by atoms with Crippen LogP contribution in [0.15, 0.2) is 40.7 Å². The molecule has 0 fully saturated rings. The van der Waals surface area contributed by atoms with E-state index in [0.717, 1.165) is 4.90 Å². The molecule has 2 rings (SSSR count). The Hall–Kier alpha value is -1.33. The van der Waals surface area contributed by atoms with E-state index >= 15 is 0 Å². The van der Waals surface area contributed by atoms with E-state index in [-0.39, 0.29) is 5.91 Å². The van der Waals surface area contributed by atoms with Crippen molar-refractivity contribution in [1.82, 2.24) is 4.98 Å². The molecule has 0 saturated heterocycles. The third kappa shape index (κ3) is 3.57. The molecule has 5 heteroatoms. The van der Waals surface area contributed by atoms with Crippen molar-refractivity contribution < 1.29 is 4.79 Å². The Morgan fingerprint density at radius 2 is 2.29 bits per heavy atom. The first-order valence-corrected chi connectivity index (χ1v) is 7.00. The Balaban J connectivity index is 1.86. The number of aryl methyl sites for hydroxylation is 1. The van der Waals surface area contributed by atoms with Crippen molar-refractivity contribution in [2.45, 2.75) is 11.8 Å². The number of hydrogen-bond donors (Lipinski definition) is 1. The maximum Gasteiger partial charge on any atom is 0.236 e. The Labute approximate surface area is 108 Å². The van der Waals surface area contributed by atoms with Crippen LogP contribution in [0.3, 0.4) is 0 Å². The van der Waals surface area contributed by atoms with Gasteiger partial charge in [-0.3, -0.25) is 4.79 Å². The number of rotatable bonds is 4. The zero-order valence-corrected chi connectivity index (χ0v) is 11.0. The van der Waals surface area contributed by atoms with Crippen LogP contribution in [0.1, 0.15) is 5.56 Å². The molecule has 1 amide bonds. The average Bonchev–Trinajstić information content (AvgIpc) is 2.81. The van der Waals surface area contributed by atoms with Gasteiger partial charge in [0.1, 0.15) is 0 Å². The van der Waals surface area contributed by atoms with Gasteiger partial charge >= 0.3 is 0 Å². The molecule has 0 bridgehead atoms. The first-order valence-electron chi connectivity index (χ1n) is 5.13. The van der Waals surface area contributed by atoms with E-state index in [9.17, 15) is 4.79 Å². The number of aromatic nitrogens is 1. The fraction of sp³-hybridized carbons (Fsp3) is 0.167. The molecule has 17 heavy (non-hydrogen) atoms. The lowest BCUT2D eigenvalue weighted by Gasteiger charge is -2.04. The summed E-state index contributed by atoms with van der Waals surface area (Å²) >= 11 is 2.97. The molecule has 0 aliphatic rings. The van der Waals surface area contributed by atoms with Gasteiger partial charge in [-0.25, -0.2) is 4.98 Å². The van der Waals surface area contributed by atoms with Crippen LogP contribution < -0.4 is 5.32 Å². The van der Waals surface area contributed by atoms with Crippen molar-refractivity contribution in [2.24, 2.45) is 0 Å². The topological polar surface area (TPSA) is 42.0 Å². The van der Waals surface area contributed by atoms with Gasteiger partial charge < -0.3 is 5.32 Å². The first-order chi connectivity index (χ1) is 8.25. The quantitative estimate of drug-likeness (QED) is 0.862. The molecule has 0 radical (unpaired) electrons. The standard InChI is InChI=1S/C12H12N2OS2/c1-9-4-2-3-5-10(9)17-8-11(15)14-12-13-6-7-16-12/h2-7H,8H2,1H3,(H,13,14,15). The number of anilines is 1. The fourth-order valence-electron chi connectivity index (χ4n) is 1.30. The third-order valence-electron chi connectivity index (χ3n) is 2.13. The lowest BCUT2D eigenvalue weighted by atomic mass is 10.2. The predicted molar refractivity (Wildman–Crippen MR) is 72.6 cm³/mol. The molecule has 88 valence electrons. The first kappa shape index (κ1) is 12.1. The van der Waals surface area contributed by atoms with Crippen molar-refractivity contribution in [1.29, 1.82) is 0 Å². The molecule has 1 N–H and O–H groups in total. The van der Waals surface area contributed by atoms with Gasteiger partial charge in [0.25, 0.3) is 0 Å². The van der Waals surface area contributed by atoms with Gasteiger partial charge in [-0.05, 0) is 18.6 Å². The van der Waals surface area contributed by atoms with Gasteiger partial charge in [-0.1, -0.05) is 18.2 Å². The van der Waals surface area contributed by atoms with Gasteiger partial charge in [0, 0.05) is 16.5 Å². The summed E-state index contributed by atoms with van der Waals surface area (Å²) in [5.41, 5.74) is 1.19. The zero-order valence-electron chi connectivity index (χ0n) is 9.34. The minimum Gasteiger partial charge on any atom is -0.301 e. The highest BCUT2D eigenvalue weighted by molar-refractivity contribution is 8.00. The summed E-state index contributed by atoms with van der Waals surface area (Å²) in [6.45, 7) is 2.04. The molecule has 2 aromatic rings. The highest BCUT2D eigenvalue weighted by atomic mass is 32.2. The largest absolute Gasteiger partial charge is 0.301 e. The van der Waals surface area contributed by atoms with Crippen LogP contribution in [0.2, 0.25) is 0 Å². The number of carbonyl (C=O) groups is 1. The number of thiazole rings is 1. The number of nitrogens with zero attached hydrogens (tertiary/aromatic N) is 1. The van der Waals surface area contributed by atoms with E-state index in [1.165, 1.54) is 16.9 Å². The highest BCUT2D eigenvalue weighted by Gasteiger charge is 2.06. The molecule has 1 aromatic heterocycles. The number of benzene rings is 1. The molecule has 0 aliphatic carbocycles. The summed E-state index contributed by atoms with van der Waals surface area (Å²) in [5, 5.41) is 5.25. The second-order valence-corrected chi connectivity index (χ2v) is 5.35. The van der Waals surface area contributed by atoms with Gasteiger partial charge in [0.05, 0.1) is 5.75 Å². The minimum absolute atomic E-state index is 0.0202. The Kier molecular flexibility index (Phi) is 4.17. The lowest BCUT2D eigenvalue weighted by molar-refractivity contribution is -0.113. The van der Waals surface area contributed by atoms with Crippen LogP contribution in [0, 0.1) is 6.92 Å². The Morgan fingerprint density at radius 1 is 1.47 bits per heavy atom. The maximum atomic E-state index is 11.6. The molecule has 1 heterocycles. The zero-order chi connectivity index (χ0) is 12.1. The molecule has 0 aliphatic heterocycles. The van der Waals surface area contributed by atoms with Crippen molar-refractivity contribution in [2.75, 3.05) is 11.1 Å². The van der Waals surface area contributed by atoms with E-state index in [2.05, 4.69) is 10.3 Å². The van der Waals surface area contributed by atoms with Gasteiger partial charge in [-0.15, -0.1) is 23.1 Å². The van der Waals surface area contributed by atoms with Gasteiger partial charge in [0.2, 0.25) is 5.91 Å².